The number of ether oxygens (including phenoxy) is 2. The summed E-state index contributed by atoms with van der Waals surface area (Å²) in [4.78, 5) is 24.1. The van der Waals surface area contributed by atoms with E-state index in [0.29, 0.717) is 35.0 Å². The predicted molar refractivity (Wildman–Crippen MR) is 129 cm³/mol. The molecule has 0 saturated heterocycles. The summed E-state index contributed by atoms with van der Waals surface area (Å²) in [5.74, 6) is 0.627. The molecule has 3 aromatic carbocycles. The van der Waals surface area contributed by atoms with Gasteiger partial charge in [0.05, 0.1) is 12.8 Å². The lowest BCUT2D eigenvalue weighted by atomic mass is 10.2. The number of amides is 3. The lowest BCUT2D eigenvalue weighted by Gasteiger charge is -2.12. The Balaban J connectivity index is 1.55. The van der Waals surface area contributed by atoms with Gasteiger partial charge in [0.2, 0.25) is 0 Å². The zero-order chi connectivity index (χ0) is 23.5. The maximum Gasteiger partial charge on any atom is 0.339 e. The van der Waals surface area contributed by atoms with Crippen LogP contribution < -0.4 is 25.5 Å². The molecular weight excluding hydrogens is 420 g/mol. The molecule has 0 fully saturated rings. The van der Waals surface area contributed by atoms with E-state index in [1.54, 1.807) is 30.3 Å². The van der Waals surface area contributed by atoms with Crippen LogP contribution in [0.1, 0.15) is 18.1 Å². The van der Waals surface area contributed by atoms with Gasteiger partial charge in [-0.25, -0.2) is 10.2 Å². The van der Waals surface area contributed by atoms with E-state index in [2.05, 4.69) is 21.2 Å². The zero-order valence-electron chi connectivity index (χ0n) is 18.5. The van der Waals surface area contributed by atoms with Crippen LogP contribution in [0.3, 0.4) is 0 Å². The maximum absolute atomic E-state index is 12.2. The van der Waals surface area contributed by atoms with Crippen molar-refractivity contribution in [3.05, 3.63) is 83.9 Å². The molecule has 0 atom stereocenters. The van der Waals surface area contributed by atoms with Crippen molar-refractivity contribution >= 4 is 29.5 Å². The van der Waals surface area contributed by atoms with E-state index in [1.807, 2.05) is 56.3 Å². The fourth-order valence-electron chi connectivity index (χ4n) is 2.82. The van der Waals surface area contributed by atoms with Crippen LogP contribution in [0.5, 0.6) is 11.5 Å². The SMILES string of the molecule is CCOc1cc(/C=N/NC(=O)Nc2ccccc2)ccc1OCC(=O)Nc1ccc(C)cc1. The first-order valence-corrected chi connectivity index (χ1v) is 10.4. The number of carbonyl (C=O) groups excluding carboxylic acids is 2. The van der Waals surface area contributed by atoms with Crippen molar-refractivity contribution < 1.29 is 19.1 Å². The minimum Gasteiger partial charge on any atom is -0.490 e. The molecular formula is C25H26N4O4. The Morgan fingerprint density at radius 2 is 1.61 bits per heavy atom. The molecule has 0 heterocycles. The van der Waals surface area contributed by atoms with E-state index in [1.165, 1.54) is 6.21 Å². The van der Waals surface area contributed by atoms with Gasteiger partial charge in [0, 0.05) is 11.4 Å². The molecule has 0 aromatic heterocycles. The van der Waals surface area contributed by atoms with Crippen LogP contribution in [0.2, 0.25) is 0 Å². The lowest BCUT2D eigenvalue weighted by molar-refractivity contribution is -0.118. The number of nitrogens with zero attached hydrogens (tertiary/aromatic N) is 1. The first-order chi connectivity index (χ1) is 16.0. The third-order valence-electron chi connectivity index (χ3n) is 4.37. The minimum atomic E-state index is -0.456. The molecule has 3 aromatic rings. The second-order valence-electron chi connectivity index (χ2n) is 7.03. The molecule has 0 unspecified atom stereocenters. The maximum atomic E-state index is 12.2. The van der Waals surface area contributed by atoms with Crippen molar-refractivity contribution in [1.82, 2.24) is 5.43 Å². The lowest BCUT2D eigenvalue weighted by Crippen LogP contribution is -2.24. The number of nitrogens with one attached hydrogen (secondary N) is 3. The Labute approximate surface area is 192 Å². The van der Waals surface area contributed by atoms with Gasteiger partial charge in [0.1, 0.15) is 0 Å². The molecule has 0 spiro atoms. The van der Waals surface area contributed by atoms with Gasteiger partial charge >= 0.3 is 6.03 Å². The summed E-state index contributed by atoms with van der Waals surface area (Å²) in [6.07, 6.45) is 1.49. The summed E-state index contributed by atoms with van der Waals surface area (Å²) in [5, 5.41) is 9.40. The summed E-state index contributed by atoms with van der Waals surface area (Å²) < 4.78 is 11.3. The van der Waals surface area contributed by atoms with E-state index in [-0.39, 0.29) is 12.5 Å². The van der Waals surface area contributed by atoms with Gasteiger partial charge < -0.3 is 20.1 Å². The highest BCUT2D eigenvalue weighted by molar-refractivity contribution is 5.92. The van der Waals surface area contributed by atoms with Gasteiger partial charge in [-0.05, 0) is 61.9 Å². The van der Waals surface area contributed by atoms with Crippen molar-refractivity contribution in [2.75, 3.05) is 23.8 Å². The van der Waals surface area contributed by atoms with Gasteiger partial charge in [-0.15, -0.1) is 0 Å². The first-order valence-electron chi connectivity index (χ1n) is 10.4. The number of hydrogen-bond acceptors (Lipinski definition) is 5. The quantitative estimate of drug-likeness (QED) is 0.331. The molecule has 0 bridgehead atoms. The fraction of sp³-hybridized carbons (Fsp3) is 0.160. The van der Waals surface area contributed by atoms with E-state index in [4.69, 9.17) is 9.47 Å². The summed E-state index contributed by atoms with van der Waals surface area (Å²) in [6, 6.07) is 21.3. The molecule has 3 amide bonds. The van der Waals surface area contributed by atoms with Crippen LogP contribution in [0.25, 0.3) is 0 Å². The van der Waals surface area contributed by atoms with Gasteiger partial charge in [-0.3, -0.25) is 4.79 Å². The Morgan fingerprint density at radius 3 is 2.33 bits per heavy atom. The van der Waals surface area contributed by atoms with Crippen LogP contribution >= 0.6 is 0 Å². The minimum absolute atomic E-state index is 0.164. The number of rotatable bonds is 9. The van der Waals surface area contributed by atoms with Crippen LogP contribution in [0, 0.1) is 6.92 Å². The standard InChI is InChI=1S/C25H26N4O4/c1-3-32-23-15-19(16-26-29-25(31)28-20-7-5-4-6-8-20)11-14-22(23)33-17-24(30)27-21-12-9-18(2)10-13-21/h4-16H,3,17H2,1-2H3,(H,27,30)(H2,28,29,31)/b26-16+. The Bertz CT molecular complexity index is 1100. The van der Waals surface area contributed by atoms with Crippen LogP contribution in [0.15, 0.2) is 77.9 Å². The smallest absolute Gasteiger partial charge is 0.339 e. The summed E-state index contributed by atoms with van der Waals surface area (Å²) in [5.41, 5.74) is 5.58. The van der Waals surface area contributed by atoms with Gasteiger partial charge in [0.25, 0.3) is 5.91 Å². The topological polar surface area (TPSA) is 101 Å². The van der Waals surface area contributed by atoms with Crippen molar-refractivity contribution in [3.63, 3.8) is 0 Å². The predicted octanol–water partition coefficient (Wildman–Crippen LogP) is 4.57. The third-order valence-corrected chi connectivity index (χ3v) is 4.37. The van der Waals surface area contributed by atoms with Gasteiger partial charge in [-0.1, -0.05) is 35.9 Å². The van der Waals surface area contributed by atoms with Crippen LogP contribution in [-0.4, -0.2) is 31.4 Å². The van der Waals surface area contributed by atoms with Gasteiger partial charge in [-0.2, -0.15) is 5.10 Å². The number of anilines is 2. The number of benzene rings is 3. The summed E-state index contributed by atoms with van der Waals surface area (Å²) in [7, 11) is 0. The molecule has 3 rings (SSSR count). The monoisotopic (exact) mass is 446 g/mol. The van der Waals surface area contributed by atoms with Crippen LogP contribution in [-0.2, 0) is 4.79 Å². The van der Waals surface area contributed by atoms with Crippen molar-refractivity contribution in [3.8, 4) is 11.5 Å². The number of para-hydroxylation sites is 1. The first kappa shape index (κ1) is 23.3. The molecule has 0 aliphatic rings. The Kier molecular flexibility index (Phi) is 8.41. The molecule has 8 heteroatoms. The molecule has 170 valence electrons. The van der Waals surface area contributed by atoms with Crippen LogP contribution in [0.4, 0.5) is 16.2 Å². The third kappa shape index (κ3) is 7.70. The number of urea groups is 1. The number of hydrazone groups is 1. The highest BCUT2D eigenvalue weighted by atomic mass is 16.5. The van der Waals surface area contributed by atoms with Crippen molar-refractivity contribution in [2.45, 2.75) is 13.8 Å². The fourth-order valence-corrected chi connectivity index (χ4v) is 2.82. The second kappa shape index (κ2) is 11.9. The van der Waals surface area contributed by atoms with Gasteiger partial charge in [0.15, 0.2) is 18.1 Å². The zero-order valence-corrected chi connectivity index (χ0v) is 18.5. The summed E-state index contributed by atoms with van der Waals surface area (Å²) in [6.45, 7) is 4.09. The Morgan fingerprint density at radius 1 is 0.879 bits per heavy atom. The molecule has 0 aliphatic heterocycles. The number of hydrogen-bond donors (Lipinski definition) is 3. The number of aryl methyl sites for hydroxylation is 1. The van der Waals surface area contributed by atoms with Crippen molar-refractivity contribution in [1.29, 1.82) is 0 Å². The second-order valence-corrected chi connectivity index (χ2v) is 7.03. The highest BCUT2D eigenvalue weighted by Crippen LogP contribution is 2.28. The molecule has 3 N–H and O–H groups in total. The van der Waals surface area contributed by atoms with E-state index < -0.39 is 6.03 Å². The molecule has 8 nitrogen and oxygen atoms in total. The Hall–Kier alpha value is -4.33. The normalized spacial score (nSPS) is 10.5. The molecule has 0 aliphatic carbocycles. The van der Waals surface area contributed by atoms with E-state index in [9.17, 15) is 9.59 Å². The molecule has 0 saturated carbocycles. The average molecular weight is 447 g/mol. The highest BCUT2D eigenvalue weighted by Gasteiger charge is 2.09. The molecule has 33 heavy (non-hydrogen) atoms. The number of carbonyl (C=O) groups is 2. The van der Waals surface area contributed by atoms with Crippen molar-refractivity contribution in [2.24, 2.45) is 5.10 Å². The average Bonchev–Trinajstić information content (AvgIpc) is 2.81. The summed E-state index contributed by atoms with van der Waals surface area (Å²) >= 11 is 0. The molecule has 0 radical (unpaired) electrons. The van der Waals surface area contributed by atoms with E-state index in [0.717, 1.165) is 5.56 Å². The largest absolute Gasteiger partial charge is 0.490 e. The van der Waals surface area contributed by atoms with E-state index >= 15 is 0 Å².